The highest BCUT2D eigenvalue weighted by Crippen LogP contribution is 1.97. The van der Waals surface area contributed by atoms with Crippen LogP contribution in [-0.2, 0) is 9.67 Å². The molecule has 2 rings (SSSR count). The molecule has 0 aromatic heterocycles. The van der Waals surface area contributed by atoms with Gasteiger partial charge in [-0.15, -0.1) is 3.07 Å². The van der Waals surface area contributed by atoms with Crippen LogP contribution in [0.4, 0.5) is 0 Å². The van der Waals surface area contributed by atoms with Gasteiger partial charge in [-0.05, 0) is 17.7 Å². The van der Waals surface area contributed by atoms with Crippen LogP contribution < -0.4 is 26.3 Å². The molecule has 1 nitrogen and oxygen atoms in total. The Kier molecular flexibility index (Phi) is 6.03. The van der Waals surface area contributed by atoms with E-state index in [9.17, 15) is 0 Å². The third-order valence-electron chi connectivity index (χ3n) is 1.94. The van der Waals surface area contributed by atoms with Crippen LogP contribution in [0, 0.1) is 3.57 Å². The lowest BCUT2D eigenvalue weighted by Crippen LogP contribution is -3.61. The Morgan fingerprint density at radius 2 is 1.38 bits per heavy atom. The largest absolute Gasteiger partial charge is 1.00 e. The van der Waals surface area contributed by atoms with Crippen LogP contribution in [0.1, 0.15) is 5.56 Å². The van der Waals surface area contributed by atoms with Crippen molar-refractivity contribution in [2.24, 2.45) is 0 Å². The summed E-state index contributed by atoms with van der Waals surface area (Å²) < 4.78 is 7.04. The van der Waals surface area contributed by atoms with Gasteiger partial charge in [0, 0.05) is 0 Å². The van der Waals surface area contributed by atoms with Gasteiger partial charge in [-0.2, -0.15) is 0 Å². The third kappa shape index (κ3) is 4.28. The summed E-state index contributed by atoms with van der Waals surface area (Å²) in [4.78, 5) is 0. The Morgan fingerprint density at radius 1 is 0.812 bits per heavy atom. The van der Waals surface area contributed by atoms with Gasteiger partial charge in [0.05, 0.1) is 0 Å². The van der Waals surface area contributed by atoms with Gasteiger partial charge in [-0.3, -0.25) is 0 Å². The monoisotopic (exact) mass is 330 g/mol. The highest BCUT2D eigenvalue weighted by molar-refractivity contribution is 5.13. The van der Waals surface area contributed by atoms with Crippen LogP contribution in [0.2, 0.25) is 0 Å². The molecule has 16 heavy (non-hydrogen) atoms. The molecule has 2 aromatic carbocycles. The standard InChI is InChI=1S/C13H12IO.FH/c1-3-7-12(8-4-1)11-15-14-13-9-5-2-6-10-13;/h1-10H,11H2;1H/q+1;/p-1. The Hall–Kier alpha value is -0.940. The molecule has 0 atom stereocenters. The molecule has 0 aliphatic carbocycles. The number of halogens is 2. The first-order valence-corrected chi connectivity index (χ1v) is 6.77. The summed E-state index contributed by atoms with van der Waals surface area (Å²) in [6.45, 7) is 0.725. The molecular formula is C13H12FIO. The van der Waals surface area contributed by atoms with Crippen molar-refractivity contribution in [2.45, 2.75) is 6.61 Å². The summed E-state index contributed by atoms with van der Waals surface area (Å²) in [6.07, 6.45) is 0. The Morgan fingerprint density at radius 3 is 2.00 bits per heavy atom. The normalized spacial score (nSPS) is 9.50. The predicted molar refractivity (Wildman–Crippen MR) is 56.4 cm³/mol. The Balaban J connectivity index is 0.00000128. The first-order chi connectivity index (χ1) is 7.45. The van der Waals surface area contributed by atoms with Gasteiger partial charge in [-0.25, -0.2) is 0 Å². The van der Waals surface area contributed by atoms with Gasteiger partial charge in [0.25, 0.3) is 0 Å². The van der Waals surface area contributed by atoms with Gasteiger partial charge in [0.2, 0.25) is 3.57 Å². The van der Waals surface area contributed by atoms with Crippen LogP contribution in [0.5, 0.6) is 0 Å². The molecule has 3 heteroatoms. The molecule has 2 aromatic rings. The second kappa shape index (κ2) is 7.35. The number of rotatable bonds is 4. The third-order valence-corrected chi connectivity index (χ3v) is 3.79. The molecular weight excluding hydrogens is 318 g/mol. The minimum atomic E-state index is -0.299. The highest BCUT2D eigenvalue weighted by Gasteiger charge is 2.12. The minimum Gasteiger partial charge on any atom is -1.00 e. The fraction of sp³-hybridized carbons (Fsp3) is 0.0769. The lowest BCUT2D eigenvalue weighted by Gasteiger charge is -1.92. The number of hydrogen-bond donors (Lipinski definition) is 0. The second-order valence-corrected chi connectivity index (χ2v) is 5.42. The first-order valence-electron chi connectivity index (χ1n) is 4.81. The maximum Gasteiger partial charge on any atom is 0.522 e. The summed E-state index contributed by atoms with van der Waals surface area (Å²) in [7, 11) is 0. The smallest absolute Gasteiger partial charge is 0.522 e. The second-order valence-electron chi connectivity index (χ2n) is 3.11. The maximum absolute atomic E-state index is 5.72. The van der Waals surface area contributed by atoms with E-state index in [1.54, 1.807) is 0 Å². The lowest BCUT2D eigenvalue weighted by atomic mass is 10.2. The van der Waals surface area contributed by atoms with Crippen molar-refractivity contribution < 1.29 is 29.4 Å². The van der Waals surface area contributed by atoms with Gasteiger partial charge in [0.1, 0.15) is 6.61 Å². The molecule has 0 aliphatic rings. The van der Waals surface area contributed by atoms with E-state index in [1.165, 1.54) is 9.13 Å². The lowest BCUT2D eigenvalue weighted by molar-refractivity contribution is -0.881. The Labute approximate surface area is 106 Å². The summed E-state index contributed by atoms with van der Waals surface area (Å²) in [5.41, 5.74) is 1.24. The first kappa shape index (κ1) is 13.1. The number of benzene rings is 2. The van der Waals surface area contributed by atoms with E-state index in [-0.39, 0.29) is 26.3 Å². The van der Waals surface area contributed by atoms with Crippen LogP contribution in [0.3, 0.4) is 0 Å². The quantitative estimate of drug-likeness (QED) is 0.546. The highest BCUT2D eigenvalue weighted by atomic mass is 127. The van der Waals surface area contributed by atoms with E-state index in [0.717, 1.165) is 6.61 Å². The van der Waals surface area contributed by atoms with Crippen molar-refractivity contribution in [3.63, 3.8) is 0 Å². The molecule has 0 fully saturated rings. The summed E-state index contributed by atoms with van der Waals surface area (Å²) in [5.74, 6) is 0. The van der Waals surface area contributed by atoms with Gasteiger partial charge >= 0.3 is 21.6 Å². The van der Waals surface area contributed by atoms with Crippen LogP contribution >= 0.6 is 0 Å². The molecule has 0 N–H and O–H groups in total. The van der Waals surface area contributed by atoms with Crippen molar-refractivity contribution in [1.82, 2.24) is 0 Å². The van der Waals surface area contributed by atoms with Gasteiger partial charge in [-0.1, -0.05) is 48.5 Å². The van der Waals surface area contributed by atoms with E-state index in [2.05, 4.69) is 36.4 Å². The molecule has 0 spiro atoms. The average Bonchev–Trinajstić information content (AvgIpc) is 2.32. The van der Waals surface area contributed by atoms with Crippen LogP contribution in [0.15, 0.2) is 60.7 Å². The maximum atomic E-state index is 5.72. The molecule has 0 aliphatic heterocycles. The molecule has 84 valence electrons. The van der Waals surface area contributed by atoms with Gasteiger partial charge < -0.3 is 4.70 Å². The fourth-order valence-electron chi connectivity index (χ4n) is 1.19. The topological polar surface area (TPSA) is 9.23 Å². The minimum absolute atomic E-state index is 0. The summed E-state index contributed by atoms with van der Waals surface area (Å²) in [5, 5.41) is 0. The SMILES string of the molecule is [F-].c1ccc(CO[I+]c2ccccc2)cc1. The predicted octanol–water partition coefficient (Wildman–Crippen LogP) is -2.92. The zero-order chi connectivity index (χ0) is 10.3. The molecule has 0 unspecified atom stereocenters. The van der Waals surface area contributed by atoms with Crippen molar-refractivity contribution in [2.75, 3.05) is 0 Å². The zero-order valence-electron chi connectivity index (χ0n) is 8.64. The van der Waals surface area contributed by atoms with Crippen LogP contribution in [-0.4, -0.2) is 0 Å². The molecule has 0 saturated heterocycles. The molecule has 0 amide bonds. The average molecular weight is 330 g/mol. The van der Waals surface area contributed by atoms with Crippen molar-refractivity contribution in [1.29, 1.82) is 0 Å². The summed E-state index contributed by atoms with van der Waals surface area (Å²) in [6, 6.07) is 20.7. The van der Waals surface area contributed by atoms with Crippen molar-refractivity contribution in [3.05, 3.63) is 69.8 Å². The Bertz CT molecular complexity index is 352. The van der Waals surface area contributed by atoms with E-state index >= 15 is 0 Å². The van der Waals surface area contributed by atoms with E-state index in [0.29, 0.717) is 0 Å². The van der Waals surface area contributed by atoms with E-state index < -0.39 is 0 Å². The number of hydrogen-bond acceptors (Lipinski definition) is 1. The fourth-order valence-corrected chi connectivity index (χ4v) is 2.78. The van der Waals surface area contributed by atoms with Crippen molar-refractivity contribution in [3.8, 4) is 0 Å². The molecule has 0 bridgehead atoms. The van der Waals surface area contributed by atoms with E-state index in [1.807, 2.05) is 24.3 Å². The van der Waals surface area contributed by atoms with E-state index in [4.69, 9.17) is 3.07 Å². The van der Waals surface area contributed by atoms with Gasteiger partial charge in [0.15, 0.2) is 0 Å². The van der Waals surface area contributed by atoms with Crippen LogP contribution in [0.25, 0.3) is 0 Å². The molecule has 0 saturated carbocycles. The van der Waals surface area contributed by atoms with Crippen molar-refractivity contribution >= 4 is 0 Å². The summed E-state index contributed by atoms with van der Waals surface area (Å²) >= 11 is -0.299. The molecule has 0 radical (unpaired) electrons. The molecule has 0 heterocycles. The zero-order valence-corrected chi connectivity index (χ0v) is 10.8.